The van der Waals surface area contributed by atoms with Gasteiger partial charge < -0.3 is 5.32 Å². The Kier molecular flexibility index (Phi) is 8.34. The second-order valence-electron chi connectivity index (χ2n) is 6.46. The normalized spacial score (nSPS) is 16.8. The first kappa shape index (κ1) is 23.8. The predicted octanol–water partition coefficient (Wildman–Crippen LogP) is 5.74. The molecule has 164 valence electrons. The minimum atomic E-state index is -4.43. The fraction of sp³-hybridized carbons (Fsp3) is 0.429. The van der Waals surface area contributed by atoms with E-state index < -0.39 is 11.7 Å². The van der Waals surface area contributed by atoms with Crippen LogP contribution in [0.25, 0.3) is 0 Å². The van der Waals surface area contributed by atoms with Crippen molar-refractivity contribution in [3.8, 4) is 0 Å². The number of halogens is 4. The number of anilines is 1. The van der Waals surface area contributed by atoms with Gasteiger partial charge in [0.2, 0.25) is 0 Å². The Balaban J connectivity index is 0.00000155. The van der Waals surface area contributed by atoms with Crippen LogP contribution in [-0.2, 0) is 6.18 Å². The number of hydrazone groups is 1. The van der Waals surface area contributed by atoms with Gasteiger partial charge in [0, 0.05) is 30.5 Å². The highest BCUT2D eigenvalue weighted by molar-refractivity contribution is 6.36. The van der Waals surface area contributed by atoms with Crippen LogP contribution in [0.2, 0.25) is 0 Å². The number of allylic oxidation sites excluding steroid dienone is 1. The predicted molar refractivity (Wildman–Crippen MR) is 115 cm³/mol. The lowest BCUT2D eigenvalue weighted by atomic mass is 10.1. The van der Waals surface area contributed by atoms with Gasteiger partial charge in [-0.25, -0.2) is 9.80 Å². The minimum Gasteiger partial charge on any atom is -0.386 e. The van der Waals surface area contributed by atoms with E-state index in [0.717, 1.165) is 25.0 Å². The molecule has 0 unspecified atom stereocenters. The van der Waals surface area contributed by atoms with Crippen LogP contribution in [0.4, 0.5) is 23.7 Å². The number of carbonyl (C=O) groups excluding carboxylic acids is 1. The summed E-state index contributed by atoms with van der Waals surface area (Å²) in [5.41, 5.74) is 0.927. The van der Waals surface area contributed by atoms with Crippen molar-refractivity contribution in [3.63, 3.8) is 0 Å². The largest absolute Gasteiger partial charge is 0.416 e. The van der Waals surface area contributed by atoms with E-state index in [2.05, 4.69) is 10.4 Å². The molecular formula is C21H26ClF3N4O. The molecule has 0 bridgehead atoms. The molecular weight excluding hydrogens is 417 g/mol. The maximum Gasteiger partial charge on any atom is 0.416 e. The van der Waals surface area contributed by atoms with E-state index in [-0.39, 0.29) is 12.6 Å². The lowest BCUT2D eigenvalue weighted by Gasteiger charge is -2.34. The van der Waals surface area contributed by atoms with Crippen molar-refractivity contribution >= 4 is 29.0 Å². The SMILES string of the molecule is CC.CCCCN1N=C(C2=CCNC=C2Cl)CN(c2ccc(C(F)(F)F)cc2)C1=O. The maximum atomic E-state index is 12.9. The van der Waals surface area contributed by atoms with Crippen molar-refractivity contribution in [1.82, 2.24) is 10.3 Å². The van der Waals surface area contributed by atoms with E-state index in [1.54, 1.807) is 6.20 Å². The lowest BCUT2D eigenvalue weighted by molar-refractivity contribution is -0.137. The van der Waals surface area contributed by atoms with Crippen LogP contribution in [0.3, 0.4) is 0 Å². The van der Waals surface area contributed by atoms with E-state index in [0.29, 0.717) is 35.1 Å². The number of hydrogen-bond donors (Lipinski definition) is 1. The number of carbonyl (C=O) groups is 1. The Morgan fingerprint density at radius 1 is 1.20 bits per heavy atom. The molecule has 30 heavy (non-hydrogen) atoms. The molecule has 0 saturated heterocycles. The molecule has 9 heteroatoms. The van der Waals surface area contributed by atoms with Crippen LogP contribution in [0.15, 0.2) is 52.2 Å². The fourth-order valence-electron chi connectivity index (χ4n) is 2.94. The molecule has 0 aromatic heterocycles. The van der Waals surface area contributed by atoms with Gasteiger partial charge in [-0.1, -0.05) is 44.9 Å². The summed E-state index contributed by atoms with van der Waals surface area (Å²) < 4.78 is 38.5. The smallest absolute Gasteiger partial charge is 0.386 e. The third kappa shape index (κ3) is 5.56. The first-order chi connectivity index (χ1) is 14.3. The van der Waals surface area contributed by atoms with Gasteiger partial charge in [-0.15, -0.1) is 0 Å². The molecule has 5 nitrogen and oxygen atoms in total. The lowest BCUT2D eigenvalue weighted by Crippen LogP contribution is -2.49. The van der Waals surface area contributed by atoms with Crippen LogP contribution < -0.4 is 10.2 Å². The van der Waals surface area contributed by atoms with Gasteiger partial charge in [-0.05, 0) is 30.7 Å². The van der Waals surface area contributed by atoms with Crippen LogP contribution in [-0.4, -0.2) is 36.4 Å². The number of amides is 2. The Labute approximate surface area is 179 Å². The van der Waals surface area contributed by atoms with Crippen molar-refractivity contribution in [3.05, 3.63) is 52.7 Å². The Morgan fingerprint density at radius 3 is 2.43 bits per heavy atom. The number of alkyl halides is 3. The highest BCUT2D eigenvalue weighted by Gasteiger charge is 2.33. The summed E-state index contributed by atoms with van der Waals surface area (Å²) in [6, 6.07) is 4.18. The van der Waals surface area contributed by atoms with Crippen molar-refractivity contribution in [1.29, 1.82) is 0 Å². The zero-order valence-electron chi connectivity index (χ0n) is 17.3. The summed E-state index contributed by atoms with van der Waals surface area (Å²) >= 11 is 6.27. The van der Waals surface area contributed by atoms with Gasteiger partial charge >= 0.3 is 12.2 Å². The molecule has 0 spiro atoms. The summed E-state index contributed by atoms with van der Waals surface area (Å²) in [6.45, 7) is 7.13. The topological polar surface area (TPSA) is 47.9 Å². The highest BCUT2D eigenvalue weighted by atomic mass is 35.5. The number of urea groups is 1. The Morgan fingerprint density at radius 2 is 1.87 bits per heavy atom. The monoisotopic (exact) mass is 442 g/mol. The number of dihydropyridines is 1. The number of rotatable bonds is 5. The van der Waals surface area contributed by atoms with Crippen LogP contribution in [0, 0.1) is 0 Å². The zero-order chi connectivity index (χ0) is 22.3. The van der Waals surface area contributed by atoms with Crippen LogP contribution in [0.5, 0.6) is 0 Å². The van der Waals surface area contributed by atoms with E-state index in [1.807, 2.05) is 26.8 Å². The van der Waals surface area contributed by atoms with E-state index >= 15 is 0 Å². The van der Waals surface area contributed by atoms with Gasteiger partial charge in [0.05, 0.1) is 22.9 Å². The third-order valence-corrected chi connectivity index (χ3v) is 4.76. The molecule has 3 rings (SSSR count). The highest BCUT2D eigenvalue weighted by Crippen LogP contribution is 2.32. The minimum absolute atomic E-state index is 0.128. The van der Waals surface area contributed by atoms with E-state index in [9.17, 15) is 18.0 Å². The molecule has 2 aliphatic heterocycles. The zero-order valence-corrected chi connectivity index (χ0v) is 18.0. The van der Waals surface area contributed by atoms with Crippen molar-refractivity contribution in [2.45, 2.75) is 39.8 Å². The van der Waals surface area contributed by atoms with Gasteiger partial charge in [0.25, 0.3) is 0 Å². The summed E-state index contributed by atoms with van der Waals surface area (Å²) in [5, 5.41) is 9.29. The third-order valence-electron chi connectivity index (χ3n) is 4.45. The van der Waals surface area contributed by atoms with Crippen LogP contribution >= 0.6 is 11.6 Å². The molecule has 1 aromatic rings. The summed E-state index contributed by atoms with van der Waals surface area (Å²) in [4.78, 5) is 14.3. The summed E-state index contributed by atoms with van der Waals surface area (Å²) in [7, 11) is 0. The van der Waals surface area contributed by atoms with Gasteiger partial charge in [0.15, 0.2) is 0 Å². The van der Waals surface area contributed by atoms with E-state index in [4.69, 9.17) is 11.6 Å². The quantitative estimate of drug-likeness (QED) is 0.632. The second kappa shape index (κ2) is 10.5. The molecule has 1 N–H and O–H groups in total. The number of unbranched alkanes of at least 4 members (excludes halogenated alkanes) is 1. The number of benzene rings is 1. The fourth-order valence-corrected chi connectivity index (χ4v) is 3.21. The molecule has 2 amide bonds. The van der Waals surface area contributed by atoms with E-state index in [1.165, 1.54) is 22.0 Å². The van der Waals surface area contributed by atoms with Crippen LogP contribution in [0.1, 0.15) is 39.2 Å². The molecule has 1 aromatic carbocycles. The number of hydrogen-bond acceptors (Lipinski definition) is 3. The second-order valence-corrected chi connectivity index (χ2v) is 6.86. The average molecular weight is 443 g/mol. The van der Waals surface area contributed by atoms with Crippen molar-refractivity contribution in [2.24, 2.45) is 5.10 Å². The van der Waals surface area contributed by atoms with Gasteiger partial charge in [0.1, 0.15) is 0 Å². The summed E-state index contributed by atoms with van der Waals surface area (Å²) in [5.74, 6) is 0. The number of nitrogens with zero attached hydrogens (tertiary/aromatic N) is 3. The average Bonchev–Trinajstić information content (AvgIpc) is 2.74. The van der Waals surface area contributed by atoms with Gasteiger partial charge in [-0.2, -0.15) is 18.3 Å². The molecule has 0 saturated carbocycles. The first-order valence-corrected chi connectivity index (χ1v) is 10.3. The molecule has 2 heterocycles. The van der Waals surface area contributed by atoms with Gasteiger partial charge in [-0.3, -0.25) is 4.90 Å². The maximum absolute atomic E-state index is 12.9. The molecule has 0 aliphatic carbocycles. The molecule has 2 aliphatic rings. The summed E-state index contributed by atoms with van der Waals surface area (Å²) in [6.07, 6.45) is 0.743. The first-order valence-electron chi connectivity index (χ1n) is 9.95. The standard InChI is InChI=1S/C19H20ClF3N4O.C2H6/c1-2-3-10-27-18(28)26(14-6-4-13(5-7-14)19(21,22)23)12-17(25-27)15-8-9-24-11-16(15)20;1-2/h4-8,11,24H,2-3,9-10,12H2,1H3;1-2H3. The Bertz CT molecular complexity index is 832. The molecule has 0 atom stereocenters. The van der Waals surface area contributed by atoms with Crippen molar-refractivity contribution in [2.75, 3.05) is 24.5 Å². The molecule has 0 fully saturated rings. The number of nitrogens with one attached hydrogen (secondary N) is 1. The Hall–Kier alpha value is -2.48. The molecule has 0 radical (unpaired) electrons. The van der Waals surface area contributed by atoms with Crippen molar-refractivity contribution < 1.29 is 18.0 Å².